The van der Waals surface area contributed by atoms with Gasteiger partial charge in [0.05, 0.1) is 10.0 Å². The van der Waals surface area contributed by atoms with Crippen molar-refractivity contribution in [1.29, 1.82) is 0 Å². The molecule has 6 heteroatoms. The topological polar surface area (TPSA) is 55.4 Å². The summed E-state index contributed by atoms with van der Waals surface area (Å²) in [5, 5.41) is 3.40. The Labute approximate surface area is 145 Å². The van der Waals surface area contributed by atoms with Crippen LogP contribution in [0.3, 0.4) is 0 Å². The highest BCUT2D eigenvalue weighted by atomic mass is 35.5. The van der Waals surface area contributed by atoms with Crippen molar-refractivity contribution in [3.05, 3.63) is 28.2 Å². The molecular weight excluding hydrogens is 337 g/mol. The first-order chi connectivity index (χ1) is 11.0. The van der Waals surface area contributed by atoms with Gasteiger partial charge in [0.15, 0.2) is 6.61 Å². The molecule has 124 valence electrons. The van der Waals surface area contributed by atoms with E-state index in [0.717, 1.165) is 12.3 Å². The molecule has 0 radical (unpaired) electrons. The van der Waals surface area contributed by atoms with Crippen LogP contribution >= 0.6 is 23.2 Å². The lowest BCUT2D eigenvalue weighted by Crippen LogP contribution is -2.23. The zero-order valence-corrected chi connectivity index (χ0v) is 14.2. The number of halogens is 2. The number of carbonyl (C=O) groups excluding carboxylic acids is 2. The van der Waals surface area contributed by atoms with E-state index in [1.165, 1.54) is 19.3 Å². The van der Waals surface area contributed by atoms with Crippen LogP contribution in [0.25, 0.3) is 0 Å². The van der Waals surface area contributed by atoms with Crippen molar-refractivity contribution in [2.75, 3.05) is 11.9 Å². The van der Waals surface area contributed by atoms with Crippen molar-refractivity contribution >= 4 is 40.8 Å². The van der Waals surface area contributed by atoms with Crippen molar-refractivity contribution < 1.29 is 14.3 Å². The van der Waals surface area contributed by atoms with Crippen LogP contribution in [0.5, 0.6) is 0 Å². The Hall–Kier alpha value is -1.26. The highest BCUT2D eigenvalue weighted by molar-refractivity contribution is 6.42. The second kappa shape index (κ2) is 7.10. The van der Waals surface area contributed by atoms with Gasteiger partial charge in [-0.25, -0.2) is 0 Å². The minimum atomic E-state index is -0.385. The summed E-state index contributed by atoms with van der Waals surface area (Å²) in [5.41, 5.74) is 0.522. The fourth-order valence-electron chi connectivity index (χ4n) is 3.82. The Balaban J connectivity index is 1.41. The predicted molar refractivity (Wildman–Crippen MR) is 89.6 cm³/mol. The van der Waals surface area contributed by atoms with Gasteiger partial charge in [0.1, 0.15) is 0 Å². The lowest BCUT2D eigenvalue weighted by Gasteiger charge is -2.20. The number of esters is 1. The maximum atomic E-state index is 11.9. The first kappa shape index (κ1) is 16.6. The first-order valence-corrected chi connectivity index (χ1v) is 8.67. The molecule has 0 aromatic heterocycles. The Morgan fingerprint density at radius 3 is 2.65 bits per heavy atom. The number of nitrogens with one attached hydrogen (secondary N) is 1. The molecule has 23 heavy (non-hydrogen) atoms. The monoisotopic (exact) mass is 355 g/mol. The van der Waals surface area contributed by atoms with Crippen LogP contribution in [0.2, 0.25) is 10.0 Å². The summed E-state index contributed by atoms with van der Waals surface area (Å²) in [5.74, 6) is 1.25. The highest BCUT2D eigenvalue weighted by Crippen LogP contribution is 2.49. The molecule has 0 saturated heterocycles. The molecule has 1 N–H and O–H groups in total. The number of rotatable bonds is 5. The van der Waals surface area contributed by atoms with Gasteiger partial charge >= 0.3 is 5.97 Å². The quantitative estimate of drug-likeness (QED) is 0.801. The Bertz CT molecular complexity index is 620. The second-order valence-electron chi connectivity index (χ2n) is 6.48. The van der Waals surface area contributed by atoms with E-state index in [9.17, 15) is 9.59 Å². The lowest BCUT2D eigenvalue weighted by atomic mass is 9.86. The molecule has 3 rings (SSSR count). The summed E-state index contributed by atoms with van der Waals surface area (Å²) in [7, 11) is 0. The van der Waals surface area contributed by atoms with E-state index in [1.54, 1.807) is 18.2 Å². The number of amides is 1. The number of benzene rings is 1. The molecule has 0 spiro atoms. The molecule has 2 aliphatic rings. The fraction of sp³-hybridized carbons (Fsp3) is 0.529. The molecular formula is C17H19Cl2NO3. The number of carbonyl (C=O) groups is 2. The van der Waals surface area contributed by atoms with Gasteiger partial charge in [0.2, 0.25) is 0 Å². The number of hydrogen-bond acceptors (Lipinski definition) is 3. The van der Waals surface area contributed by atoms with Crippen LogP contribution in [0, 0.1) is 17.8 Å². The molecule has 4 nitrogen and oxygen atoms in total. The average molecular weight is 356 g/mol. The Kier molecular flexibility index (Phi) is 5.12. The average Bonchev–Trinajstić information content (AvgIpc) is 3.12. The van der Waals surface area contributed by atoms with E-state index < -0.39 is 0 Å². The fourth-order valence-corrected chi connectivity index (χ4v) is 4.11. The van der Waals surface area contributed by atoms with E-state index in [1.807, 2.05) is 0 Å². The van der Waals surface area contributed by atoms with E-state index in [2.05, 4.69) is 5.32 Å². The third-order valence-electron chi connectivity index (χ3n) is 4.88. The number of ether oxygens (including phenoxy) is 1. The highest BCUT2D eigenvalue weighted by Gasteiger charge is 2.40. The molecule has 2 bridgehead atoms. The van der Waals surface area contributed by atoms with Crippen LogP contribution in [-0.4, -0.2) is 18.5 Å². The van der Waals surface area contributed by atoms with Crippen molar-refractivity contribution in [2.24, 2.45) is 17.8 Å². The molecule has 2 fully saturated rings. The summed E-state index contributed by atoms with van der Waals surface area (Å²) >= 11 is 11.7. The Morgan fingerprint density at radius 1 is 1.17 bits per heavy atom. The third kappa shape index (κ3) is 4.18. The Morgan fingerprint density at radius 2 is 2.00 bits per heavy atom. The molecule has 2 aliphatic carbocycles. The van der Waals surface area contributed by atoms with Gasteiger partial charge in [0.25, 0.3) is 5.91 Å². The minimum Gasteiger partial charge on any atom is -0.456 e. The summed E-state index contributed by atoms with van der Waals surface area (Å²) in [6, 6.07) is 4.79. The zero-order valence-electron chi connectivity index (χ0n) is 12.7. The number of hydrogen-bond donors (Lipinski definition) is 1. The van der Waals surface area contributed by atoms with Gasteiger partial charge in [-0.3, -0.25) is 9.59 Å². The second-order valence-corrected chi connectivity index (χ2v) is 7.29. The van der Waals surface area contributed by atoms with Crippen LogP contribution in [0.1, 0.15) is 32.1 Å². The van der Waals surface area contributed by atoms with Crippen molar-refractivity contribution in [3.63, 3.8) is 0 Å². The summed E-state index contributed by atoms with van der Waals surface area (Å²) in [6.07, 6.45) is 5.37. The minimum absolute atomic E-state index is 0.278. The van der Waals surface area contributed by atoms with Gasteiger partial charge in [-0.1, -0.05) is 29.6 Å². The normalized spacial score (nSPS) is 25.4. The zero-order chi connectivity index (χ0) is 16.4. The van der Waals surface area contributed by atoms with Gasteiger partial charge in [0, 0.05) is 12.1 Å². The van der Waals surface area contributed by atoms with E-state index in [4.69, 9.17) is 27.9 Å². The smallest absolute Gasteiger partial charge is 0.306 e. The standard InChI is InChI=1S/C17H19Cl2NO3/c18-14-4-3-13(8-15(14)19)20-16(21)9-23-17(22)7-12-6-10-1-2-11(12)5-10/h3-4,8,10-12H,1-2,5-7,9H2,(H,20,21)/t10-,11+,12+/m0/s1. The van der Waals surface area contributed by atoms with Gasteiger partial charge < -0.3 is 10.1 Å². The van der Waals surface area contributed by atoms with Gasteiger partial charge in [-0.15, -0.1) is 0 Å². The molecule has 0 aliphatic heterocycles. The predicted octanol–water partition coefficient (Wildman–Crippen LogP) is 4.30. The van der Waals surface area contributed by atoms with Gasteiger partial charge in [-0.05, 0) is 55.2 Å². The van der Waals surface area contributed by atoms with Crippen LogP contribution in [-0.2, 0) is 14.3 Å². The molecule has 0 unspecified atom stereocenters. The van der Waals surface area contributed by atoms with Crippen molar-refractivity contribution in [1.82, 2.24) is 0 Å². The maximum Gasteiger partial charge on any atom is 0.306 e. The number of anilines is 1. The first-order valence-electron chi connectivity index (χ1n) is 7.92. The SMILES string of the molecule is O=C(COC(=O)C[C@H]1C[C@H]2CC[C@@H]1C2)Nc1ccc(Cl)c(Cl)c1. The molecule has 3 atom stereocenters. The van der Waals surface area contributed by atoms with Crippen LogP contribution in [0.4, 0.5) is 5.69 Å². The van der Waals surface area contributed by atoms with E-state index >= 15 is 0 Å². The van der Waals surface area contributed by atoms with Crippen LogP contribution in [0.15, 0.2) is 18.2 Å². The summed E-state index contributed by atoms with van der Waals surface area (Å²) < 4.78 is 5.09. The van der Waals surface area contributed by atoms with Crippen molar-refractivity contribution in [3.8, 4) is 0 Å². The van der Waals surface area contributed by atoms with Gasteiger partial charge in [-0.2, -0.15) is 0 Å². The summed E-state index contributed by atoms with van der Waals surface area (Å²) in [4.78, 5) is 23.7. The van der Waals surface area contributed by atoms with E-state index in [-0.39, 0.29) is 18.5 Å². The van der Waals surface area contributed by atoms with E-state index in [0.29, 0.717) is 34.0 Å². The van der Waals surface area contributed by atoms with Crippen molar-refractivity contribution in [2.45, 2.75) is 32.1 Å². The number of fused-ring (bicyclic) bond motifs is 2. The molecule has 1 aromatic carbocycles. The maximum absolute atomic E-state index is 11.9. The lowest BCUT2D eigenvalue weighted by molar-refractivity contribution is -0.148. The molecule has 1 amide bonds. The molecule has 2 saturated carbocycles. The third-order valence-corrected chi connectivity index (χ3v) is 5.62. The van der Waals surface area contributed by atoms with Crippen LogP contribution < -0.4 is 5.32 Å². The molecule has 0 heterocycles. The largest absolute Gasteiger partial charge is 0.456 e. The summed E-state index contributed by atoms with van der Waals surface area (Å²) in [6.45, 7) is -0.278. The molecule has 1 aromatic rings.